The van der Waals surface area contributed by atoms with Gasteiger partial charge in [-0.2, -0.15) is 0 Å². The molecular formula is C27H35ClFN5O4. The molecule has 2 aromatic rings. The number of anilines is 1. The van der Waals surface area contributed by atoms with Gasteiger partial charge in [-0.1, -0.05) is 17.7 Å². The predicted molar refractivity (Wildman–Crippen MR) is 142 cm³/mol. The number of aryl methyl sites for hydroxylation is 2. The van der Waals surface area contributed by atoms with E-state index in [0.29, 0.717) is 25.8 Å². The maximum absolute atomic E-state index is 14.1. The number of hydrogen-bond donors (Lipinski definition) is 3. The van der Waals surface area contributed by atoms with Crippen molar-refractivity contribution in [3.8, 4) is 0 Å². The number of rotatable bonds is 15. The first-order valence-electron chi connectivity index (χ1n) is 13.3. The molecule has 0 aromatic carbocycles. The van der Waals surface area contributed by atoms with E-state index in [-0.39, 0.29) is 11.4 Å². The van der Waals surface area contributed by atoms with Crippen LogP contribution in [-0.2, 0) is 22.4 Å². The van der Waals surface area contributed by atoms with Crippen molar-refractivity contribution in [2.75, 3.05) is 38.1 Å². The number of amides is 1. The van der Waals surface area contributed by atoms with Crippen molar-refractivity contribution in [3.63, 3.8) is 0 Å². The minimum Gasteiger partial charge on any atom is -0.480 e. The van der Waals surface area contributed by atoms with Crippen molar-refractivity contribution in [2.45, 2.75) is 63.5 Å². The first kappa shape index (κ1) is 28.2. The summed E-state index contributed by atoms with van der Waals surface area (Å²) < 4.78 is 19.9. The van der Waals surface area contributed by atoms with Gasteiger partial charge in [-0.25, -0.2) is 14.2 Å². The summed E-state index contributed by atoms with van der Waals surface area (Å²) in [6.07, 6.45) is 9.62. The van der Waals surface area contributed by atoms with E-state index < -0.39 is 29.3 Å². The fourth-order valence-corrected chi connectivity index (χ4v) is 4.73. The molecule has 1 aliphatic carbocycles. The highest BCUT2D eigenvalue weighted by Crippen LogP contribution is 2.23. The Hall–Kier alpha value is -2.82. The highest BCUT2D eigenvalue weighted by atomic mass is 35.5. The molecule has 2 aromatic heterocycles. The zero-order valence-electron chi connectivity index (χ0n) is 21.4. The number of ether oxygens (including phenoxy) is 1. The van der Waals surface area contributed by atoms with Crippen LogP contribution in [0.4, 0.5) is 10.2 Å². The zero-order chi connectivity index (χ0) is 26.9. The predicted octanol–water partition coefficient (Wildman–Crippen LogP) is 3.70. The summed E-state index contributed by atoms with van der Waals surface area (Å²) in [5, 5.41) is 15.3. The Balaban J connectivity index is 1.28. The molecule has 1 atom stereocenters. The highest BCUT2D eigenvalue weighted by Gasteiger charge is 2.25. The topological polar surface area (TPSA) is 117 Å². The van der Waals surface area contributed by atoms with Crippen LogP contribution in [-0.4, -0.2) is 76.8 Å². The second kappa shape index (κ2) is 13.8. The number of nitrogens with zero attached hydrogens (tertiary/aromatic N) is 3. The number of pyridine rings is 2. The number of carboxylic acid groups (broad SMARTS) is 1. The second-order valence-corrected chi connectivity index (χ2v) is 10.2. The quantitative estimate of drug-likeness (QED) is 0.289. The molecule has 0 radical (unpaired) electrons. The first-order valence-corrected chi connectivity index (χ1v) is 13.7. The first-order chi connectivity index (χ1) is 18.4. The van der Waals surface area contributed by atoms with Crippen LogP contribution in [0.5, 0.6) is 0 Å². The Labute approximate surface area is 227 Å². The average Bonchev–Trinajstić information content (AvgIpc) is 3.72. The van der Waals surface area contributed by atoms with Crippen molar-refractivity contribution in [3.05, 3.63) is 52.2 Å². The van der Waals surface area contributed by atoms with E-state index in [0.717, 1.165) is 81.9 Å². The van der Waals surface area contributed by atoms with Crippen LogP contribution in [0.3, 0.4) is 0 Å². The Bertz CT molecular complexity index is 1100. The van der Waals surface area contributed by atoms with E-state index >= 15 is 0 Å². The van der Waals surface area contributed by atoms with Crippen LogP contribution in [0.2, 0.25) is 5.02 Å². The lowest BCUT2D eigenvalue weighted by molar-refractivity contribution is -0.139. The molecule has 1 fully saturated rings. The lowest BCUT2D eigenvalue weighted by Gasteiger charge is -2.24. The van der Waals surface area contributed by atoms with Gasteiger partial charge >= 0.3 is 5.97 Å². The number of carbonyl (C=O) groups excluding carboxylic acids is 1. The molecule has 0 spiro atoms. The number of carbonyl (C=O) groups is 2. The SMILES string of the molecule is O=C(NC(CCN(CCCCc1ccc2c(n1)NCCC2)CCOC1CC1)C(=O)O)c1c(F)cncc1Cl. The Morgan fingerprint density at radius 2 is 2.08 bits per heavy atom. The molecule has 3 heterocycles. The molecule has 2 aliphatic rings. The number of nitrogens with one attached hydrogen (secondary N) is 2. The molecule has 1 saturated carbocycles. The number of carboxylic acids is 1. The van der Waals surface area contributed by atoms with Crippen LogP contribution in [0.1, 0.15) is 60.1 Å². The van der Waals surface area contributed by atoms with Gasteiger partial charge in [0.1, 0.15) is 11.9 Å². The molecule has 1 amide bonds. The van der Waals surface area contributed by atoms with Crippen molar-refractivity contribution in [1.82, 2.24) is 20.2 Å². The fourth-order valence-electron chi connectivity index (χ4n) is 4.50. The summed E-state index contributed by atoms with van der Waals surface area (Å²) in [5.41, 5.74) is 1.93. The number of hydrogen-bond acceptors (Lipinski definition) is 7. The molecule has 0 bridgehead atoms. The van der Waals surface area contributed by atoms with Gasteiger partial charge in [0.15, 0.2) is 5.82 Å². The molecular weight excluding hydrogens is 513 g/mol. The summed E-state index contributed by atoms with van der Waals surface area (Å²) in [4.78, 5) is 34.9. The van der Waals surface area contributed by atoms with E-state index in [1.807, 2.05) is 0 Å². The lowest BCUT2D eigenvalue weighted by atomic mass is 10.1. The van der Waals surface area contributed by atoms with E-state index in [4.69, 9.17) is 21.3 Å². The smallest absolute Gasteiger partial charge is 0.326 e. The number of aliphatic carboxylic acids is 1. The van der Waals surface area contributed by atoms with E-state index in [1.54, 1.807) is 0 Å². The van der Waals surface area contributed by atoms with Crippen molar-refractivity contribution in [1.29, 1.82) is 0 Å². The van der Waals surface area contributed by atoms with Crippen LogP contribution < -0.4 is 10.6 Å². The minimum atomic E-state index is -1.19. The second-order valence-electron chi connectivity index (χ2n) is 9.84. The van der Waals surface area contributed by atoms with Crippen LogP contribution in [0, 0.1) is 5.82 Å². The standard InChI is InChI=1S/C27H35ClFN5O4/c28-21-16-30-17-22(29)24(21)26(35)33-23(27(36)37)10-13-34(14-15-38-20-8-9-20)12-2-1-5-19-7-6-18-4-3-11-31-25(18)32-19/h6-7,16-17,20,23H,1-5,8-15H2,(H,31,32)(H,33,35)(H,36,37). The van der Waals surface area contributed by atoms with E-state index in [1.165, 1.54) is 5.56 Å². The number of fused-ring (bicyclic) bond motifs is 1. The Morgan fingerprint density at radius 1 is 1.24 bits per heavy atom. The number of unbranched alkanes of at least 4 members (excludes halogenated alkanes) is 1. The Morgan fingerprint density at radius 3 is 2.84 bits per heavy atom. The number of aromatic nitrogens is 2. The molecule has 3 N–H and O–H groups in total. The van der Waals surface area contributed by atoms with Crippen LogP contribution in [0.25, 0.3) is 0 Å². The summed E-state index contributed by atoms with van der Waals surface area (Å²) in [6, 6.07) is 3.08. The summed E-state index contributed by atoms with van der Waals surface area (Å²) in [5.74, 6) is -1.97. The van der Waals surface area contributed by atoms with Crippen molar-refractivity contribution < 1.29 is 23.8 Å². The van der Waals surface area contributed by atoms with E-state index in [9.17, 15) is 19.1 Å². The molecule has 0 saturated heterocycles. The summed E-state index contributed by atoms with van der Waals surface area (Å²) in [6.45, 7) is 3.41. The van der Waals surface area contributed by atoms with Gasteiger partial charge in [0.25, 0.3) is 5.91 Å². The molecule has 38 heavy (non-hydrogen) atoms. The van der Waals surface area contributed by atoms with Gasteiger partial charge in [0.2, 0.25) is 0 Å². The third-order valence-corrected chi connectivity index (χ3v) is 7.10. The van der Waals surface area contributed by atoms with Crippen molar-refractivity contribution >= 4 is 29.3 Å². The van der Waals surface area contributed by atoms with Crippen LogP contribution >= 0.6 is 11.6 Å². The van der Waals surface area contributed by atoms with Gasteiger partial charge in [-0.3, -0.25) is 9.78 Å². The number of halogens is 2. The van der Waals surface area contributed by atoms with Crippen molar-refractivity contribution in [2.24, 2.45) is 0 Å². The molecule has 1 aliphatic heterocycles. The Kier molecular flexibility index (Phi) is 10.3. The third kappa shape index (κ3) is 8.34. The fraction of sp³-hybridized carbons (Fsp3) is 0.556. The normalized spacial score (nSPS) is 15.6. The maximum Gasteiger partial charge on any atom is 0.326 e. The highest BCUT2D eigenvalue weighted by molar-refractivity contribution is 6.33. The molecule has 206 valence electrons. The average molecular weight is 548 g/mol. The molecule has 4 rings (SSSR count). The lowest BCUT2D eigenvalue weighted by Crippen LogP contribution is -2.44. The zero-order valence-corrected chi connectivity index (χ0v) is 22.2. The third-order valence-electron chi connectivity index (χ3n) is 6.81. The van der Waals surface area contributed by atoms with E-state index in [2.05, 4.69) is 32.7 Å². The summed E-state index contributed by atoms with van der Waals surface area (Å²) in [7, 11) is 0. The minimum absolute atomic E-state index is 0.160. The van der Waals surface area contributed by atoms with Gasteiger partial charge in [-0.05, 0) is 69.5 Å². The largest absolute Gasteiger partial charge is 0.480 e. The monoisotopic (exact) mass is 547 g/mol. The van der Waals surface area contributed by atoms with Gasteiger partial charge in [0.05, 0.1) is 29.5 Å². The van der Waals surface area contributed by atoms with Crippen LogP contribution in [0.15, 0.2) is 24.5 Å². The van der Waals surface area contributed by atoms with Gasteiger partial charge in [0, 0.05) is 31.5 Å². The molecule has 9 nitrogen and oxygen atoms in total. The van der Waals surface area contributed by atoms with Gasteiger partial charge in [-0.15, -0.1) is 0 Å². The van der Waals surface area contributed by atoms with Gasteiger partial charge < -0.3 is 25.4 Å². The molecule has 1 unspecified atom stereocenters. The summed E-state index contributed by atoms with van der Waals surface area (Å²) >= 11 is 5.91. The maximum atomic E-state index is 14.1. The molecule has 11 heteroatoms.